The standard InChI is InChI=1S/C16H22BrFN2O2.2ClH/c17-12-1-2-13(18)16(21)14(12)15(11-3-9-22-10-4-11)20-7-5-19-6-8-20;;/h1-2,11,15,19,21H,3-10H2;2*1H/t15-;;/m1../s1. The first-order chi connectivity index (χ1) is 10.7. The molecule has 24 heavy (non-hydrogen) atoms. The number of hydrogen-bond donors (Lipinski definition) is 2. The van der Waals surface area contributed by atoms with E-state index in [2.05, 4.69) is 26.1 Å². The molecule has 0 amide bonds. The summed E-state index contributed by atoms with van der Waals surface area (Å²) in [7, 11) is 0. The largest absolute Gasteiger partial charge is 0.505 e. The molecule has 0 aromatic heterocycles. The summed E-state index contributed by atoms with van der Waals surface area (Å²) >= 11 is 3.51. The smallest absolute Gasteiger partial charge is 0.165 e. The molecule has 0 radical (unpaired) electrons. The summed E-state index contributed by atoms with van der Waals surface area (Å²) < 4.78 is 20.2. The van der Waals surface area contributed by atoms with Gasteiger partial charge in [-0.1, -0.05) is 15.9 Å². The van der Waals surface area contributed by atoms with Crippen LogP contribution in [-0.4, -0.2) is 49.4 Å². The lowest BCUT2D eigenvalue weighted by atomic mass is 9.85. The Labute approximate surface area is 163 Å². The fraction of sp³-hybridized carbons (Fsp3) is 0.625. The van der Waals surface area contributed by atoms with Gasteiger partial charge in [0.2, 0.25) is 0 Å². The molecule has 2 N–H and O–H groups in total. The summed E-state index contributed by atoms with van der Waals surface area (Å²) in [4.78, 5) is 2.37. The third-order valence-corrected chi connectivity index (χ3v) is 5.36. The lowest BCUT2D eigenvalue weighted by molar-refractivity contribution is 0.0203. The van der Waals surface area contributed by atoms with Gasteiger partial charge in [-0.3, -0.25) is 4.90 Å². The van der Waals surface area contributed by atoms with E-state index in [9.17, 15) is 9.50 Å². The molecule has 8 heteroatoms. The first kappa shape index (κ1) is 21.9. The molecule has 138 valence electrons. The van der Waals surface area contributed by atoms with E-state index in [0.29, 0.717) is 11.5 Å². The van der Waals surface area contributed by atoms with E-state index in [0.717, 1.165) is 56.7 Å². The average molecular weight is 446 g/mol. The van der Waals surface area contributed by atoms with E-state index in [1.807, 2.05) is 0 Å². The molecular formula is C16H24BrCl2FN2O2. The highest BCUT2D eigenvalue weighted by Crippen LogP contribution is 2.43. The van der Waals surface area contributed by atoms with Crippen LogP contribution in [-0.2, 0) is 4.74 Å². The number of nitrogens with zero attached hydrogens (tertiary/aromatic N) is 1. The van der Waals surface area contributed by atoms with Crippen LogP contribution in [0.1, 0.15) is 24.4 Å². The van der Waals surface area contributed by atoms with Crippen molar-refractivity contribution in [1.82, 2.24) is 10.2 Å². The quantitative estimate of drug-likeness (QED) is 0.747. The van der Waals surface area contributed by atoms with E-state index in [-0.39, 0.29) is 36.6 Å². The second-order valence-electron chi connectivity index (χ2n) is 5.97. The Kier molecular flexibility index (Phi) is 9.27. The fourth-order valence-electron chi connectivity index (χ4n) is 3.55. The van der Waals surface area contributed by atoms with Crippen molar-refractivity contribution in [2.24, 2.45) is 5.92 Å². The lowest BCUT2D eigenvalue weighted by Crippen LogP contribution is -2.47. The normalized spacial score (nSPS) is 20.8. The molecule has 0 unspecified atom stereocenters. The minimum atomic E-state index is -0.551. The Balaban J connectivity index is 0.00000144. The van der Waals surface area contributed by atoms with Gasteiger partial charge in [0, 0.05) is 55.5 Å². The molecule has 0 saturated carbocycles. The predicted molar refractivity (Wildman–Crippen MR) is 101 cm³/mol. The van der Waals surface area contributed by atoms with Crippen molar-refractivity contribution >= 4 is 40.7 Å². The number of nitrogens with one attached hydrogen (secondary N) is 1. The van der Waals surface area contributed by atoms with E-state index in [4.69, 9.17) is 4.74 Å². The zero-order valence-corrected chi connectivity index (χ0v) is 16.6. The molecule has 1 atom stereocenters. The monoisotopic (exact) mass is 444 g/mol. The molecule has 2 heterocycles. The summed E-state index contributed by atoms with van der Waals surface area (Å²) in [6, 6.07) is 3.02. The van der Waals surface area contributed by atoms with E-state index in [1.165, 1.54) is 6.07 Å². The van der Waals surface area contributed by atoms with Crippen LogP contribution < -0.4 is 5.32 Å². The van der Waals surface area contributed by atoms with Crippen molar-refractivity contribution in [3.63, 3.8) is 0 Å². The Bertz CT molecular complexity index is 509. The number of aromatic hydroxyl groups is 1. The average Bonchev–Trinajstić information content (AvgIpc) is 2.57. The van der Waals surface area contributed by atoms with Gasteiger partial charge < -0.3 is 15.2 Å². The van der Waals surface area contributed by atoms with Gasteiger partial charge in [-0.05, 0) is 30.9 Å². The fourth-order valence-corrected chi connectivity index (χ4v) is 4.10. The van der Waals surface area contributed by atoms with Gasteiger partial charge in [0.05, 0.1) is 0 Å². The van der Waals surface area contributed by atoms with Crippen LogP contribution in [0.5, 0.6) is 5.75 Å². The third kappa shape index (κ3) is 4.74. The van der Waals surface area contributed by atoms with Crippen molar-refractivity contribution in [2.45, 2.75) is 18.9 Å². The Morgan fingerprint density at radius 3 is 2.46 bits per heavy atom. The minimum absolute atomic E-state index is 0. The highest BCUT2D eigenvalue weighted by Gasteiger charge is 2.34. The maximum atomic E-state index is 13.9. The highest BCUT2D eigenvalue weighted by atomic mass is 79.9. The van der Waals surface area contributed by atoms with Gasteiger partial charge in [-0.2, -0.15) is 0 Å². The summed E-state index contributed by atoms with van der Waals surface area (Å²) in [5.41, 5.74) is 0.689. The first-order valence-corrected chi connectivity index (χ1v) is 8.67. The van der Waals surface area contributed by atoms with Gasteiger partial charge in [0.15, 0.2) is 11.6 Å². The molecule has 0 spiro atoms. The highest BCUT2D eigenvalue weighted by molar-refractivity contribution is 9.10. The number of rotatable bonds is 3. The molecular weight excluding hydrogens is 422 g/mol. The summed E-state index contributed by atoms with van der Waals surface area (Å²) in [6.45, 7) is 5.14. The Hall–Kier alpha value is -0.110. The van der Waals surface area contributed by atoms with Gasteiger partial charge >= 0.3 is 0 Å². The lowest BCUT2D eigenvalue weighted by Gasteiger charge is -2.41. The van der Waals surface area contributed by atoms with Crippen LogP contribution in [0.4, 0.5) is 4.39 Å². The summed E-state index contributed by atoms with van der Waals surface area (Å²) in [5, 5.41) is 13.7. The van der Waals surface area contributed by atoms with Crippen LogP contribution in [0.15, 0.2) is 16.6 Å². The number of ether oxygens (including phenoxy) is 1. The number of piperazine rings is 1. The molecule has 2 aliphatic heterocycles. The number of phenols is 1. The number of benzene rings is 1. The molecule has 2 fully saturated rings. The molecule has 2 aliphatic rings. The van der Waals surface area contributed by atoms with Gasteiger partial charge in [0.1, 0.15) is 0 Å². The second kappa shape index (κ2) is 10.1. The SMILES string of the molecule is Cl.Cl.Oc1c(F)ccc(Br)c1[C@@H](C1CCOCC1)N1CCNCC1. The van der Waals surface area contributed by atoms with Crippen molar-refractivity contribution in [2.75, 3.05) is 39.4 Å². The predicted octanol–water partition coefficient (Wildman–Crippen LogP) is 3.51. The zero-order valence-electron chi connectivity index (χ0n) is 13.3. The van der Waals surface area contributed by atoms with Crippen molar-refractivity contribution < 1.29 is 14.2 Å². The Morgan fingerprint density at radius 2 is 1.83 bits per heavy atom. The minimum Gasteiger partial charge on any atom is -0.505 e. The van der Waals surface area contributed by atoms with Crippen LogP contribution in [0, 0.1) is 11.7 Å². The number of phenolic OH excluding ortho intramolecular Hbond substituents is 1. The van der Waals surface area contributed by atoms with Crippen LogP contribution in [0.3, 0.4) is 0 Å². The van der Waals surface area contributed by atoms with E-state index >= 15 is 0 Å². The first-order valence-electron chi connectivity index (χ1n) is 7.88. The molecule has 0 aliphatic carbocycles. The number of halogens is 4. The maximum Gasteiger partial charge on any atom is 0.165 e. The van der Waals surface area contributed by atoms with Crippen LogP contribution in [0.2, 0.25) is 0 Å². The van der Waals surface area contributed by atoms with E-state index in [1.54, 1.807) is 6.07 Å². The van der Waals surface area contributed by atoms with Gasteiger partial charge in [-0.15, -0.1) is 24.8 Å². The third-order valence-electron chi connectivity index (χ3n) is 4.67. The molecule has 1 aromatic carbocycles. The van der Waals surface area contributed by atoms with Crippen molar-refractivity contribution in [3.8, 4) is 5.75 Å². The van der Waals surface area contributed by atoms with Crippen LogP contribution in [0.25, 0.3) is 0 Å². The molecule has 4 nitrogen and oxygen atoms in total. The summed E-state index contributed by atoms with van der Waals surface area (Å²) in [6.07, 6.45) is 1.88. The number of hydrogen-bond acceptors (Lipinski definition) is 4. The van der Waals surface area contributed by atoms with Gasteiger partial charge in [0.25, 0.3) is 0 Å². The molecule has 0 bridgehead atoms. The van der Waals surface area contributed by atoms with Gasteiger partial charge in [-0.25, -0.2) is 4.39 Å². The molecule has 3 rings (SSSR count). The topological polar surface area (TPSA) is 44.7 Å². The molecule has 1 aromatic rings. The van der Waals surface area contributed by atoms with Crippen molar-refractivity contribution in [3.05, 3.63) is 28.0 Å². The maximum absolute atomic E-state index is 13.9. The zero-order chi connectivity index (χ0) is 15.5. The Morgan fingerprint density at radius 1 is 1.21 bits per heavy atom. The summed E-state index contributed by atoms with van der Waals surface area (Å²) in [5.74, 6) is -0.398. The van der Waals surface area contributed by atoms with Crippen molar-refractivity contribution in [1.29, 1.82) is 0 Å². The van der Waals surface area contributed by atoms with Crippen LogP contribution >= 0.6 is 40.7 Å². The molecule has 2 saturated heterocycles. The second-order valence-corrected chi connectivity index (χ2v) is 6.83. The van der Waals surface area contributed by atoms with E-state index < -0.39 is 5.82 Å².